The summed E-state index contributed by atoms with van der Waals surface area (Å²) in [5.41, 5.74) is 6.81. The van der Waals surface area contributed by atoms with Crippen LogP contribution < -0.4 is 11.4 Å². The number of anilines is 1. The lowest BCUT2D eigenvalue weighted by Crippen LogP contribution is -2.15. The van der Waals surface area contributed by atoms with Gasteiger partial charge in [0.25, 0.3) is 0 Å². The zero-order valence-corrected chi connectivity index (χ0v) is 6.90. The van der Waals surface area contributed by atoms with Gasteiger partial charge in [-0.1, -0.05) is 12.1 Å². The average Bonchev–Trinajstić information content (AvgIpc) is 2.52. The van der Waals surface area contributed by atoms with Crippen LogP contribution in [0.4, 0.5) is 5.69 Å². The second kappa shape index (κ2) is 2.82. The normalized spacial score (nSPS) is 10.2. The lowest BCUT2D eigenvalue weighted by atomic mass is 10.3. The Balaban J connectivity index is 2.66. The van der Waals surface area contributed by atoms with Crippen molar-refractivity contribution in [3.63, 3.8) is 0 Å². The second-order valence-electron chi connectivity index (χ2n) is 2.69. The topological polar surface area (TPSA) is 63.8 Å². The fourth-order valence-corrected chi connectivity index (χ4v) is 1.22. The molecular weight excluding hydrogens is 166 g/mol. The smallest absolute Gasteiger partial charge is 0.330 e. The number of hydrogen-bond donors (Lipinski definition) is 2. The third-order valence-electron chi connectivity index (χ3n) is 1.85. The molecule has 1 heterocycles. The van der Waals surface area contributed by atoms with E-state index in [2.05, 4.69) is 4.98 Å². The number of para-hydroxylation sites is 2. The standard InChI is InChI=1S/C9H9N3O/c10-7-3-1-2-4-8(7)12-6-5-11-9(12)13/h1-6H,10H2,(H,11,13). The molecule has 0 spiro atoms. The monoisotopic (exact) mass is 175 g/mol. The van der Waals surface area contributed by atoms with Crippen LogP contribution in [0.25, 0.3) is 5.69 Å². The molecule has 4 nitrogen and oxygen atoms in total. The minimum atomic E-state index is -0.182. The number of H-pyrrole nitrogens is 1. The highest BCUT2D eigenvalue weighted by Gasteiger charge is 2.01. The van der Waals surface area contributed by atoms with Gasteiger partial charge in [-0.15, -0.1) is 0 Å². The number of nitrogens with zero attached hydrogens (tertiary/aromatic N) is 1. The van der Waals surface area contributed by atoms with Gasteiger partial charge in [-0.05, 0) is 12.1 Å². The molecule has 0 radical (unpaired) electrons. The summed E-state index contributed by atoms with van der Waals surface area (Å²) in [4.78, 5) is 13.8. The minimum absolute atomic E-state index is 0.182. The predicted octanol–water partition coefficient (Wildman–Crippen LogP) is 0.748. The van der Waals surface area contributed by atoms with Crippen molar-refractivity contribution < 1.29 is 0 Å². The Morgan fingerprint density at radius 1 is 1.31 bits per heavy atom. The first-order valence-electron chi connectivity index (χ1n) is 3.90. The molecule has 0 aliphatic heterocycles. The molecule has 3 N–H and O–H groups in total. The van der Waals surface area contributed by atoms with Crippen molar-refractivity contribution >= 4 is 5.69 Å². The number of aromatic nitrogens is 2. The van der Waals surface area contributed by atoms with Gasteiger partial charge in [0.2, 0.25) is 0 Å². The van der Waals surface area contributed by atoms with Crippen molar-refractivity contribution in [2.24, 2.45) is 0 Å². The number of rotatable bonds is 1. The molecule has 1 aromatic heterocycles. The van der Waals surface area contributed by atoms with E-state index in [1.165, 1.54) is 4.57 Å². The first kappa shape index (κ1) is 7.67. The second-order valence-corrected chi connectivity index (χ2v) is 2.69. The van der Waals surface area contributed by atoms with Gasteiger partial charge in [-0.25, -0.2) is 4.79 Å². The highest BCUT2D eigenvalue weighted by atomic mass is 16.1. The molecule has 0 aliphatic rings. The van der Waals surface area contributed by atoms with Crippen LogP contribution in [-0.4, -0.2) is 9.55 Å². The van der Waals surface area contributed by atoms with Crippen LogP contribution in [0.3, 0.4) is 0 Å². The van der Waals surface area contributed by atoms with Gasteiger partial charge in [0.1, 0.15) is 0 Å². The van der Waals surface area contributed by atoms with Gasteiger partial charge in [0.15, 0.2) is 0 Å². The van der Waals surface area contributed by atoms with E-state index in [4.69, 9.17) is 5.73 Å². The van der Waals surface area contributed by atoms with E-state index in [0.29, 0.717) is 11.4 Å². The Labute approximate surface area is 74.6 Å². The fraction of sp³-hybridized carbons (Fsp3) is 0. The molecule has 0 saturated heterocycles. The maximum absolute atomic E-state index is 11.2. The van der Waals surface area contributed by atoms with Gasteiger partial charge in [-0.2, -0.15) is 0 Å². The summed E-state index contributed by atoms with van der Waals surface area (Å²) >= 11 is 0. The Morgan fingerprint density at radius 2 is 2.08 bits per heavy atom. The van der Waals surface area contributed by atoms with E-state index < -0.39 is 0 Å². The summed E-state index contributed by atoms with van der Waals surface area (Å²) in [5, 5.41) is 0. The summed E-state index contributed by atoms with van der Waals surface area (Å²) in [6.45, 7) is 0. The SMILES string of the molecule is Nc1ccccc1-n1cc[nH]c1=O. The van der Waals surface area contributed by atoms with Crippen LogP contribution >= 0.6 is 0 Å². The number of hydrogen-bond acceptors (Lipinski definition) is 2. The van der Waals surface area contributed by atoms with E-state index in [9.17, 15) is 4.79 Å². The first-order chi connectivity index (χ1) is 6.29. The van der Waals surface area contributed by atoms with Crippen LogP contribution in [0.15, 0.2) is 41.5 Å². The lowest BCUT2D eigenvalue weighted by Gasteiger charge is -2.03. The van der Waals surface area contributed by atoms with Crippen LogP contribution in [0, 0.1) is 0 Å². The number of nitrogens with one attached hydrogen (secondary N) is 1. The quantitative estimate of drug-likeness (QED) is 0.628. The van der Waals surface area contributed by atoms with Crippen LogP contribution in [0.2, 0.25) is 0 Å². The van der Waals surface area contributed by atoms with Crippen LogP contribution in [0.5, 0.6) is 0 Å². The van der Waals surface area contributed by atoms with E-state index in [0.717, 1.165) is 0 Å². The molecule has 0 aliphatic carbocycles. The number of nitrogen functional groups attached to an aromatic ring is 1. The third kappa shape index (κ3) is 1.22. The maximum Gasteiger partial charge on any atom is 0.330 e. The lowest BCUT2D eigenvalue weighted by molar-refractivity contribution is 0.990. The van der Waals surface area contributed by atoms with E-state index >= 15 is 0 Å². The molecule has 0 atom stereocenters. The van der Waals surface area contributed by atoms with Crippen molar-refractivity contribution in [3.05, 3.63) is 47.1 Å². The van der Waals surface area contributed by atoms with Crippen LogP contribution in [-0.2, 0) is 0 Å². The van der Waals surface area contributed by atoms with Crippen molar-refractivity contribution in [2.45, 2.75) is 0 Å². The Hall–Kier alpha value is -1.97. The Morgan fingerprint density at radius 3 is 2.69 bits per heavy atom. The van der Waals surface area contributed by atoms with Gasteiger partial charge in [0.05, 0.1) is 11.4 Å². The minimum Gasteiger partial charge on any atom is -0.397 e. The molecule has 0 amide bonds. The van der Waals surface area contributed by atoms with Gasteiger partial charge < -0.3 is 10.7 Å². The van der Waals surface area contributed by atoms with Crippen molar-refractivity contribution in [1.82, 2.24) is 9.55 Å². The highest BCUT2D eigenvalue weighted by molar-refractivity contribution is 5.57. The van der Waals surface area contributed by atoms with Gasteiger partial charge in [-0.3, -0.25) is 4.57 Å². The molecule has 2 aromatic rings. The van der Waals surface area contributed by atoms with Gasteiger partial charge >= 0.3 is 5.69 Å². The van der Waals surface area contributed by atoms with E-state index in [-0.39, 0.29) is 5.69 Å². The number of nitrogens with two attached hydrogens (primary N) is 1. The molecule has 0 unspecified atom stereocenters. The average molecular weight is 175 g/mol. The molecule has 2 rings (SSSR count). The highest BCUT2D eigenvalue weighted by Crippen LogP contribution is 2.13. The molecule has 0 bridgehead atoms. The molecule has 4 heteroatoms. The van der Waals surface area contributed by atoms with E-state index in [1.54, 1.807) is 24.5 Å². The van der Waals surface area contributed by atoms with Crippen molar-refractivity contribution in [3.8, 4) is 5.69 Å². The molecule has 66 valence electrons. The zero-order valence-electron chi connectivity index (χ0n) is 6.90. The van der Waals surface area contributed by atoms with Gasteiger partial charge in [0, 0.05) is 12.4 Å². The molecule has 0 fully saturated rings. The Kier molecular flexibility index (Phi) is 1.66. The first-order valence-corrected chi connectivity index (χ1v) is 3.90. The van der Waals surface area contributed by atoms with Crippen molar-refractivity contribution in [2.75, 3.05) is 5.73 Å². The fourth-order valence-electron chi connectivity index (χ4n) is 1.22. The summed E-state index contributed by atoms with van der Waals surface area (Å²) in [7, 11) is 0. The zero-order chi connectivity index (χ0) is 9.26. The van der Waals surface area contributed by atoms with E-state index in [1.807, 2.05) is 12.1 Å². The largest absolute Gasteiger partial charge is 0.397 e. The summed E-state index contributed by atoms with van der Waals surface area (Å²) in [6.07, 6.45) is 3.22. The summed E-state index contributed by atoms with van der Waals surface area (Å²) in [5.74, 6) is 0. The summed E-state index contributed by atoms with van der Waals surface area (Å²) in [6, 6.07) is 7.22. The molecule has 13 heavy (non-hydrogen) atoms. The maximum atomic E-state index is 11.2. The summed E-state index contributed by atoms with van der Waals surface area (Å²) < 4.78 is 1.47. The third-order valence-corrected chi connectivity index (χ3v) is 1.85. The molecule has 1 aromatic carbocycles. The molecular formula is C9H9N3O. The number of benzene rings is 1. The van der Waals surface area contributed by atoms with Crippen LogP contribution in [0.1, 0.15) is 0 Å². The number of aromatic amines is 1. The van der Waals surface area contributed by atoms with Crippen molar-refractivity contribution in [1.29, 1.82) is 0 Å². The number of imidazole rings is 1. The predicted molar refractivity (Wildman–Crippen MR) is 50.8 cm³/mol. The molecule has 0 saturated carbocycles. The Bertz CT molecular complexity index is 469.